The molecule has 0 aliphatic carbocycles. The standard InChI is InChI=1S/C21H18FN3O6S2/c22-17-2-7-21(8-3-17)33(30,31)24-12-11-15-1-4-18(13-16(15)14-24)23-32(28,29)20-9-5-19(6-10-20)25(26)27/h1-10,13,23H,11-12,14H2. The van der Waals surface area contributed by atoms with Crippen molar-refractivity contribution in [3.05, 3.63) is 93.8 Å². The molecule has 33 heavy (non-hydrogen) atoms. The number of hydrogen-bond donors (Lipinski definition) is 1. The summed E-state index contributed by atoms with van der Waals surface area (Å²) in [6, 6.07) is 13.9. The number of hydrogen-bond acceptors (Lipinski definition) is 6. The van der Waals surface area contributed by atoms with Crippen LogP contribution in [0.15, 0.2) is 76.5 Å². The van der Waals surface area contributed by atoms with Crippen LogP contribution in [0.3, 0.4) is 0 Å². The van der Waals surface area contributed by atoms with Gasteiger partial charge in [-0.2, -0.15) is 4.31 Å². The first-order chi connectivity index (χ1) is 15.6. The lowest BCUT2D eigenvalue weighted by Crippen LogP contribution is -2.36. The maximum absolute atomic E-state index is 13.2. The number of halogens is 1. The second-order valence-corrected chi connectivity index (χ2v) is 11.0. The quantitative estimate of drug-likeness (QED) is 0.417. The Kier molecular flexibility index (Phi) is 5.91. The number of non-ortho nitro benzene ring substituents is 1. The number of nitrogens with one attached hydrogen (secondary N) is 1. The van der Waals surface area contributed by atoms with Crippen molar-refractivity contribution >= 4 is 31.4 Å². The maximum Gasteiger partial charge on any atom is 0.269 e. The first-order valence-electron chi connectivity index (χ1n) is 9.71. The summed E-state index contributed by atoms with van der Waals surface area (Å²) in [5, 5.41) is 10.8. The Balaban J connectivity index is 1.56. The number of rotatable bonds is 6. The SMILES string of the molecule is O=[N+]([O-])c1ccc(S(=O)(=O)Nc2ccc3c(c2)CN(S(=O)(=O)c2ccc(F)cc2)CC3)cc1. The summed E-state index contributed by atoms with van der Waals surface area (Å²) in [6.45, 7) is 0.267. The molecule has 3 aromatic carbocycles. The van der Waals surface area contributed by atoms with Crippen molar-refractivity contribution in [1.29, 1.82) is 0 Å². The zero-order valence-electron chi connectivity index (χ0n) is 17.0. The summed E-state index contributed by atoms with van der Waals surface area (Å²) in [5.74, 6) is -0.539. The van der Waals surface area contributed by atoms with Crippen molar-refractivity contribution in [2.24, 2.45) is 0 Å². The lowest BCUT2D eigenvalue weighted by Gasteiger charge is -2.28. The van der Waals surface area contributed by atoms with E-state index >= 15 is 0 Å². The summed E-state index contributed by atoms with van der Waals surface area (Å²) in [7, 11) is -7.86. The molecule has 1 aliphatic heterocycles. The molecule has 0 atom stereocenters. The Morgan fingerprint density at radius 1 is 0.879 bits per heavy atom. The molecule has 0 bridgehead atoms. The fourth-order valence-electron chi connectivity index (χ4n) is 3.52. The average Bonchev–Trinajstić information content (AvgIpc) is 2.78. The van der Waals surface area contributed by atoms with Crippen LogP contribution in [0.2, 0.25) is 0 Å². The van der Waals surface area contributed by atoms with Crippen LogP contribution in [-0.2, 0) is 33.0 Å². The van der Waals surface area contributed by atoms with E-state index in [0.29, 0.717) is 12.0 Å². The van der Waals surface area contributed by atoms with Gasteiger partial charge >= 0.3 is 0 Å². The van der Waals surface area contributed by atoms with E-state index in [0.717, 1.165) is 42.0 Å². The highest BCUT2D eigenvalue weighted by atomic mass is 32.2. The third kappa shape index (κ3) is 4.72. The topological polar surface area (TPSA) is 127 Å². The summed E-state index contributed by atoms with van der Waals surface area (Å²) in [5.41, 5.74) is 1.52. The molecule has 4 rings (SSSR count). The number of anilines is 1. The lowest BCUT2D eigenvalue weighted by molar-refractivity contribution is -0.384. The number of nitro benzene ring substituents is 1. The van der Waals surface area contributed by atoms with E-state index in [1.165, 1.54) is 16.4 Å². The van der Waals surface area contributed by atoms with Crippen LogP contribution in [-0.4, -0.2) is 32.6 Å². The summed E-state index contributed by atoms with van der Waals surface area (Å²) in [4.78, 5) is 9.97. The molecule has 0 amide bonds. The van der Waals surface area contributed by atoms with Gasteiger partial charge in [0.2, 0.25) is 10.0 Å². The average molecular weight is 492 g/mol. The highest BCUT2D eigenvalue weighted by Gasteiger charge is 2.29. The van der Waals surface area contributed by atoms with Gasteiger partial charge in [-0.15, -0.1) is 0 Å². The molecule has 3 aromatic rings. The molecule has 0 unspecified atom stereocenters. The fraction of sp³-hybridized carbons (Fsp3) is 0.143. The van der Waals surface area contributed by atoms with Gasteiger partial charge in [0.15, 0.2) is 0 Å². The Bertz CT molecular complexity index is 1420. The van der Waals surface area contributed by atoms with Crippen molar-refractivity contribution in [2.45, 2.75) is 22.8 Å². The van der Waals surface area contributed by atoms with Gasteiger partial charge in [-0.05, 0) is 66.1 Å². The first kappa shape index (κ1) is 22.8. The van der Waals surface area contributed by atoms with Gasteiger partial charge in [-0.1, -0.05) is 6.07 Å². The van der Waals surface area contributed by atoms with Crippen LogP contribution in [0, 0.1) is 15.9 Å². The number of fused-ring (bicyclic) bond motifs is 1. The minimum Gasteiger partial charge on any atom is -0.280 e. The minimum atomic E-state index is -4.01. The number of nitro groups is 1. The Hall–Kier alpha value is -3.35. The summed E-state index contributed by atoms with van der Waals surface area (Å²) < 4.78 is 68.0. The van der Waals surface area contributed by atoms with Crippen molar-refractivity contribution in [3.8, 4) is 0 Å². The van der Waals surface area contributed by atoms with Crippen molar-refractivity contribution in [2.75, 3.05) is 11.3 Å². The first-order valence-corrected chi connectivity index (χ1v) is 12.6. The molecule has 0 aromatic heterocycles. The van der Waals surface area contributed by atoms with Gasteiger partial charge in [-0.25, -0.2) is 21.2 Å². The highest BCUT2D eigenvalue weighted by Crippen LogP contribution is 2.28. The van der Waals surface area contributed by atoms with Gasteiger partial charge in [0, 0.05) is 30.9 Å². The number of benzene rings is 3. The Morgan fingerprint density at radius 2 is 1.52 bits per heavy atom. The van der Waals surface area contributed by atoms with E-state index in [9.17, 15) is 31.3 Å². The molecule has 1 aliphatic rings. The van der Waals surface area contributed by atoms with E-state index in [4.69, 9.17) is 0 Å². The van der Waals surface area contributed by atoms with Crippen molar-refractivity contribution < 1.29 is 26.1 Å². The molecule has 1 N–H and O–H groups in total. The fourth-order valence-corrected chi connectivity index (χ4v) is 5.98. The predicted molar refractivity (Wildman–Crippen MR) is 118 cm³/mol. The second-order valence-electron chi connectivity index (χ2n) is 7.38. The van der Waals surface area contributed by atoms with Crippen LogP contribution >= 0.6 is 0 Å². The van der Waals surface area contributed by atoms with Crippen LogP contribution in [0.5, 0.6) is 0 Å². The Labute approximate surface area is 189 Å². The largest absolute Gasteiger partial charge is 0.280 e. The summed E-state index contributed by atoms with van der Waals surface area (Å²) in [6.07, 6.45) is 0.436. The normalized spacial score (nSPS) is 14.5. The van der Waals surface area contributed by atoms with Gasteiger partial charge in [-0.3, -0.25) is 14.8 Å². The van der Waals surface area contributed by atoms with Gasteiger partial charge < -0.3 is 0 Å². The van der Waals surface area contributed by atoms with Crippen molar-refractivity contribution in [3.63, 3.8) is 0 Å². The third-order valence-corrected chi connectivity index (χ3v) is 8.50. The molecule has 0 saturated carbocycles. The molecular weight excluding hydrogens is 473 g/mol. The molecule has 1 heterocycles. The predicted octanol–water partition coefficient (Wildman–Crippen LogP) is 3.28. The van der Waals surface area contributed by atoms with E-state index in [1.807, 2.05) is 0 Å². The van der Waals surface area contributed by atoms with E-state index < -0.39 is 30.8 Å². The molecule has 172 valence electrons. The van der Waals surface area contributed by atoms with Gasteiger partial charge in [0.1, 0.15) is 5.82 Å². The zero-order valence-corrected chi connectivity index (χ0v) is 18.6. The zero-order chi connectivity index (χ0) is 23.8. The molecule has 0 fully saturated rings. The van der Waals surface area contributed by atoms with Crippen LogP contribution in [0.4, 0.5) is 15.8 Å². The lowest BCUT2D eigenvalue weighted by atomic mass is 10.0. The molecule has 12 heteroatoms. The highest BCUT2D eigenvalue weighted by molar-refractivity contribution is 7.92. The van der Waals surface area contributed by atoms with E-state index in [-0.39, 0.29) is 34.3 Å². The van der Waals surface area contributed by atoms with Crippen molar-refractivity contribution in [1.82, 2.24) is 4.31 Å². The monoisotopic (exact) mass is 491 g/mol. The van der Waals surface area contributed by atoms with E-state index in [2.05, 4.69) is 4.72 Å². The molecule has 0 spiro atoms. The van der Waals surface area contributed by atoms with Crippen LogP contribution < -0.4 is 4.72 Å². The third-order valence-electron chi connectivity index (χ3n) is 5.24. The Morgan fingerprint density at radius 3 is 2.15 bits per heavy atom. The van der Waals surface area contributed by atoms with E-state index in [1.54, 1.807) is 18.2 Å². The van der Waals surface area contributed by atoms with Gasteiger partial charge in [0.25, 0.3) is 15.7 Å². The van der Waals surface area contributed by atoms with Crippen LogP contribution in [0.1, 0.15) is 11.1 Å². The second kappa shape index (κ2) is 8.54. The van der Waals surface area contributed by atoms with Crippen LogP contribution in [0.25, 0.3) is 0 Å². The molecular formula is C21H18FN3O6S2. The minimum absolute atomic E-state index is 0.0256. The van der Waals surface area contributed by atoms with Gasteiger partial charge in [0.05, 0.1) is 14.7 Å². The maximum atomic E-state index is 13.2. The number of nitrogens with zero attached hydrogens (tertiary/aromatic N) is 2. The molecule has 0 radical (unpaired) electrons. The summed E-state index contributed by atoms with van der Waals surface area (Å²) >= 11 is 0. The number of sulfonamides is 2. The smallest absolute Gasteiger partial charge is 0.269 e. The molecule has 0 saturated heterocycles. The molecule has 9 nitrogen and oxygen atoms in total.